The van der Waals surface area contributed by atoms with Gasteiger partial charge in [-0.3, -0.25) is 0 Å². The van der Waals surface area contributed by atoms with E-state index in [-0.39, 0.29) is 12.0 Å². The summed E-state index contributed by atoms with van der Waals surface area (Å²) in [6.45, 7) is 1.26. The number of aromatic nitrogens is 1. The van der Waals surface area contributed by atoms with Crippen LogP contribution < -0.4 is 10.5 Å². The number of hydrogen-bond donors (Lipinski definition) is 1. The molecule has 1 aromatic heterocycles. The zero-order valence-electron chi connectivity index (χ0n) is 16.4. The van der Waals surface area contributed by atoms with Crippen LogP contribution in [0.2, 0.25) is 0 Å². The van der Waals surface area contributed by atoms with Gasteiger partial charge in [-0.1, -0.05) is 6.07 Å². The highest BCUT2D eigenvalue weighted by atomic mass is 19.4. The fourth-order valence-corrected chi connectivity index (χ4v) is 4.21. The average Bonchev–Trinajstić information content (AvgIpc) is 2.86. The first-order valence-corrected chi connectivity index (χ1v) is 10.0. The SMILES string of the molecule is CO[C@@H](CN1CCc2ccc(OCC(F)(F)F)nc2CC1)C1CCC(N)CC1. The lowest BCUT2D eigenvalue weighted by molar-refractivity contribution is -0.154. The molecule has 1 atom stereocenters. The number of pyridine rings is 1. The van der Waals surface area contributed by atoms with Crippen molar-refractivity contribution in [2.75, 3.05) is 33.4 Å². The molecule has 2 aliphatic rings. The van der Waals surface area contributed by atoms with E-state index in [0.717, 1.165) is 63.0 Å². The normalized spacial score (nSPS) is 25.0. The van der Waals surface area contributed by atoms with Crippen molar-refractivity contribution in [2.24, 2.45) is 11.7 Å². The van der Waals surface area contributed by atoms with Gasteiger partial charge in [0.1, 0.15) is 0 Å². The number of ether oxygens (including phenoxy) is 2. The monoisotopic (exact) mass is 401 g/mol. The summed E-state index contributed by atoms with van der Waals surface area (Å²) in [5.41, 5.74) is 7.93. The Balaban J connectivity index is 1.56. The molecule has 158 valence electrons. The van der Waals surface area contributed by atoms with Crippen molar-refractivity contribution in [3.63, 3.8) is 0 Å². The van der Waals surface area contributed by atoms with Gasteiger partial charge in [0, 0.05) is 51.0 Å². The molecule has 2 heterocycles. The van der Waals surface area contributed by atoms with Gasteiger partial charge in [-0.25, -0.2) is 4.98 Å². The van der Waals surface area contributed by atoms with Crippen LogP contribution in [0.3, 0.4) is 0 Å². The molecule has 8 heteroatoms. The molecule has 3 rings (SSSR count). The molecule has 0 bridgehead atoms. The van der Waals surface area contributed by atoms with Crippen molar-refractivity contribution in [3.05, 3.63) is 23.4 Å². The van der Waals surface area contributed by atoms with E-state index in [9.17, 15) is 13.2 Å². The number of rotatable bonds is 6. The van der Waals surface area contributed by atoms with Crippen molar-refractivity contribution < 1.29 is 22.6 Å². The van der Waals surface area contributed by atoms with Crippen LogP contribution in [0.5, 0.6) is 5.88 Å². The summed E-state index contributed by atoms with van der Waals surface area (Å²) in [6, 6.07) is 3.69. The van der Waals surface area contributed by atoms with E-state index in [1.807, 2.05) is 6.07 Å². The smallest absolute Gasteiger partial charge is 0.422 e. The molecule has 0 saturated heterocycles. The summed E-state index contributed by atoms with van der Waals surface area (Å²) < 4.78 is 47.6. The molecule has 5 nitrogen and oxygen atoms in total. The Labute approximate surface area is 164 Å². The van der Waals surface area contributed by atoms with E-state index >= 15 is 0 Å². The molecule has 1 saturated carbocycles. The van der Waals surface area contributed by atoms with Crippen molar-refractivity contribution in [1.82, 2.24) is 9.88 Å². The molecule has 1 fully saturated rings. The third kappa shape index (κ3) is 6.06. The Hall–Kier alpha value is -1.38. The molecule has 0 amide bonds. The van der Waals surface area contributed by atoms with Crippen molar-refractivity contribution >= 4 is 0 Å². The number of halogens is 3. The van der Waals surface area contributed by atoms with Gasteiger partial charge < -0.3 is 20.1 Å². The maximum atomic E-state index is 12.3. The molecule has 2 N–H and O–H groups in total. The highest BCUT2D eigenvalue weighted by Gasteiger charge is 2.30. The zero-order valence-corrected chi connectivity index (χ0v) is 16.4. The van der Waals surface area contributed by atoms with Gasteiger partial charge in [0.05, 0.1) is 6.10 Å². The molecule has 0 unspecified atom stereocenters. The highest BCUT2D eigenvalue weighted by molar-refractivity contribution is 5.27. The van der Waals surface area contributed by atoms with E-state index < -0.39 is 12.8 Å². The van der Waals surface area contributed by atoms with Crippen molar-refractivity contribution in [2.45, 2.75) is 56.8 Å². The second kappa shape index (κ2) is 9.41. The van der Waals surface area contributed by atoms with E-state index in [0.29, 0.717) is 18.4 Å². The Morgan fingerprint density at radius 1 is 1.18 bits per heavy atom. The first kappa shape index (κ1) is 21.3. The van der Waals surface area contributed by atoms with Crippen LogP contribution in [-0.2, 0) is 17.6 Å². The van der Waals surface area contributed by atoms with Crippen LogP contribution in [0.1, 0.15) is 36.9 Å². The molecule has 1 aliphatic heterocycles. The predicted molar refractivity (Wildman–Crippen MR) is 100 cm³/mol. The average molecular weight is 401 g/mol. The van der Waals surface area contributed by atoms with Gasteiger partial charge in [0.2, 0.25) is 5.88 Å². The molecular formula is C20H30F3N3O2. The predicted octanol–water partition coefficient (Wildman–Crippen LogP) is 2.96. The highest BCUT2D eigenvalue weighted by Crippen LogP contribution is 2.28. The molecule has 1 aliphatic carbocycles. The van der Waals surface area contributed by atoms with Gasteiger partial charge >= 0.3 is 6.18 Å². The van der Waals surface area contributed by atoms with Gasteiger partial charge in [-0.15, -0.1) is 0 Å². The number of methoxy groups -OCH3 is 1. The summed E-state index contributed by atoms with van der Waals surface area (Å²) in [5.74, 6) is 0.578. The molecule has 0 spiro atoms. The topological polar surface area (TPSA) is 60.6 Å². The number of hydrogen-bond acceptors (Lipinski definition) is 5. The minimum atomic E-state index is -4.36. The van der Waals surface area contributed by atoms with Gasteiger partial charge in [0.25, 0.3) is 0 Å². The van der Waals surface area contributed by atoms with Crippen LogP contribution in [0, 0.1) is 5.92 Å². The molecular weight excluding hydrogens is 371 g/mol. The lowest BCUT2D eigenvalue weighted by Crippen LogP contribution is -2.41. The Morgan fingerprint density at radius 2 is 1.89 bits per heavy atom. The van der Waals surface area contributed by atoms with Crippen LogP contribution in [0.4, 0.5) is 13.2 Å². The summed E-state index contributed by atoms with van der Waals surface area (Å²) in [7, 11) is 1.78. The van der Waals surface area contributed by atoms with Crippen LogP contribution >= 0.6 is 0 Å². The third-order valence-electron chi connectivity index (χ3n) is 5.87. The number of alkyl halides is 3. The minimum absolute atomic E-state index is 0.0397. The Bertz CT molecular complexity index is 634. The van der Waals surface area contributed by atoms with Crippen molar-refractivity contribution in [3.8, 4) is 5.88 Å². The minimum Gasteiger partial charge on any atom is -0.468 e. The summed E-state index contributed by atoms with van der Waals surface area (Å²) in [6.07, 6.45) is 1.68. The maximum Gasteiger partial charge on any atom is 0.422 e. The second-order valence-electron chi connectivity index (χ2n) is 7.91. The molecule has 0 aromatic carbocycles. The van der Waals surface area contributed by atoms with Gasteiger partial charge in [-0.2, -0.15) is 13.2 Å². The molecule has 0 radical (unpaired) electrons. The van der Waals surface area contributed by atoms with E-state index in [4.69, 9.17) is 15.2 Å². The fraction of sp³-hybridized carbons (Fsp3) is 0.750. The first-order chi connectivity index (χ1) is 13.3. The van der Waals surface area contributed by atoms with Crippen molar-refractivity contribution in [1.29, 1.82) is 0 Å². The number of nitrogens with two attached hydrogens (primary N) is 1. The van der Waals surface area contributed by atoms with Crippen LogP contribution in [0.25, 0.3) is 0 Å². The summed E-state index contributed by atoms with van der Waals surface area (Å²) in [4.78, 5) is 6.69. The van der Waals surface area contributed by atoms with Crippen LogP contribution in [-0.4, -0.2) is 61.6 Å². The number of nitrogens with zero attached hydrogens (tertiary/aromatic N) is 2. The zero-order chi connectivity index (χ0) is 20.1. The van der Waals surface area contributed by atoms with Gasteiger partial charge in [0.15, 0.2) is 6.61 Å². The third-order valence-corrected chi connectivity index (χ3v) is 5.87. The fourth-order valence-electron chi connectivity index (χ4n) is 4.21. The first-order valence-electron chi connectivity index (χ1n) is 10.0. The van der Waals surface area contributed by atoms with Gasteiger partial charge in [-0.05, 0) is 43.6 Å². The Morgan fingerprint density at radius 3 is 2.57 bits per heavy atom. The van der Waals surface area contributed by atoms with E-state index in [1.54, 1.807) is 7.11 Å². The standard InChI is InChI=1S/C20H30F3N3O2/c1-27-18(15-2-5-16(24)6-3-15)12-26-10-8-14-4-7-19(25-17(14)9-11-26)28-13-20(21,22)23/h4,7,15-16,18H,2-3,5-6,8-13,24H2,1H3/t15?,16?,18-/m0/s1. The largest absolute Gasteiger partial charge is 0.468 e. The summed E-state index contributed by atoms with van der Waals surface area (Å²) in [5, 5.41) is 0. The Kier molecular flexibility index (Phi) is 7.17. The van der Waals surface area contributed by atoms with Crippen LogP contribution in [0.15, 0.2) is 12.1 Å². The quantitative estimate of drug-likeness (QED) is 0.794. The van der Waals surface area contributed by atoms with E-state index in [2.05, 4.69) is 9.88 Å². The lowest BCUT2D eigenvalue weighted by Gasteiger charge is -2.34. The lowest BCUT2D eigenvalue weighted by atomic mass is 9.82. The summed E-state index contributed by atoms with van der Waals surface area (Å²) >= 11 is 0. The molecule has 28 heavy (non-hydrogen) atoms. The molecule has 1 aromatic rings. The second-order valence-corrected chi connectivity index (χ2v) is 7.91. The van der Waals surface area contributed by atoms with E-state index in [1.165, 1.54) is 6.07 Å². The maximum absolute atomic E-state index is 12.3. The number of fused-ring (bicyclic) bond motifs is 1.